The maximum atomic E-state index is 12.5. The molecule has 0 bridgehead atoms. The Kier molecular flexibility index (Phi) is 9.67. The van der Waals surface area contributed by atoms with Gasteiger partial charge in [0.25, 0.3) is 0 Å². The fourth-order valence-electron chi connectivity index (χ4n) is 3.70. The van der Waals surface area contributed by atoms with E-state index in [0.29, 0.717) is 26.2 Å². The summed E-state index contributed by atoms with van der Waals surface area (Å²) in [7, 11) is -3.48. The number of amides is 2. The van der Waals surface area contributed by atoms with Gasteiger partial charge in [-0.25, -0.2) is 8.42 Å². The van der Waals surface area contributed by atoms with Crippen molar-refractivity contribution in [1.82, 2.24) is 14.5 Å². The van der Waals surface area contributed by atoms with Crippen LogP contribution in [0.4, 0.5) is 0 Å². The van der Waals surface area contributed by atoms with Crippen molar-refractivity contribution >= 4 is 27.9 Å². The van der Waals surface area contributed by atoms with Gasteiger partial charge in [0.2, 0.25) is 21.8 Å². The molecule has 1 aromatic rings. The van der Waals surface area contributed by atoms with E-state index >= 15 is 0 Å². The van der Waals surface area contributed by atoms with Gasteiger partial charge in [-0.15, -0.1) is 0 Å². The first-order valence-corrected chi connectivity index (χ1v) is 12.3. The molecule has 1 fully saturated rings. The highest BCUT2D eigenvalue weighted by molar-refractivity contribution is 7.89. The first-order chi connectivity index (χ1) is 14.8. The van der Waals surface area contributed by atoms with Gasteiger partial charge in [0.15, 0.2) is 0 Å². The molecule has 1 aliphatic rings. The van der Waals surface area contributed by atoms with Crippen LogP contribution in [0.5, 0.6) is 0 Å². The molecule has 0 radical (unpaired) electrons. The number of primary amides is 1. The van der Waals surface area contributed by atoms with Crippen LogP contribution in [0.2, 0.25) is 0 Å². The van der Waals surface area contributed by atoms with E-state index in [1.54, 1.807) is 44.2 Å². The summed E-state index contributed by atoms with van der Waals surface area (Å²) in [5.74, 6) is -0.505. The third kappa shape index (κ3) is 7.45. The molecule has 1 aromatic carbocycles. The molecule has 0 spiro atoms. The molecule has 1 aliphatic heterocycles. The summed E-state index contributed by atoms with van der Waals surface area (Å²) in [6.07, 6.45) is 5.72. The van der Waals surface area contributed by atoms with E-state index < -0.39 is 10.0 Å². The van der Waals surface area contributed by atoms with E-state index in [4.69, 9.17) is 5.73 Å². The molecule has 172 valence electrons. The maximum Gasteiger partial charge on any atom is 0.243 e. The van der Waals surface area contributed by atoms with Gasteiger partial charge in [0.1, 0.15) is 0 Å². The summed E-state index contributed by atoms with van der Waals surface area (Å²) >= 11 is 0. The van der Waals surface area contributed by atoms with Crippen LogP contribution in [-0.2, 0) is 19.6 Å². The number of hydrogen-bond acceptors (Lipinski definition) is 5. The first-order valence-electron chi connectivity index (χ1n) is 10.9. The zero-order valence-electron chi connectivity index (χ0n) is 18.4. The van der Waals surface area contributed by atoms with Gasteiger partial charge < -0.3 is 16.0 Å². The van der Waals surface area contributed by atoms with Gasteiger partial charge in [-0.05, 0) is 56.1 Å². The Morgan fingerprint density at radius 2 is 1.90 bits per heavy atom. The van der Waals surface area contributed by atoms with Crippen LogP contribution in [0.3, 0.4) is 0 Å². The van der Waals surface area contributed by atoms with Crippen LogP contribution in [0.15, 0.2) is 35.2 Å². The van der Waals surface area contributed by atoms with Crippen molar-refractivity contribution in [3.05, 3.63) is 35.9 Å². The van der Waals surface area contributed by atoms with E-state index in [9.17, 15) is 18.0 Å². The number of rotatable bonds is 11. The number of benzene rings is 1. The van der Waals surface area contributed by atoms with Gasteiger partial charge in [-0.3, -0.25) is 9.59 Å². The van der Waals surface area contributed by atoms with E-state index in [0.717, 1.165) is 37.9 Å². The average molecular weight is 451 g/mol. The van der Waals surface area contributed by atoms with Crippen molar-refractivity contribution in [3.63, 3.8) is 0 Å². The minimum atomic E-state index is -3.48. The molecule has 1 saturated heterocycles. The Morgan fingerprint density at radius 3 is 2.52 bits per heavy atom. The monoisotopic (exact) mass is 450 g/mol. The lowest BCUT2D eigenvalue weighted by Crippen LogP contribution is -2.42. The summed E-state index contributed by atoms with van der Waals surface area (Å²) in [5.41, 5.74) is 6.15. The van der Waals surface area contributed by atoms with Crippen molar-refractivity contribution in [2.75, 3.05) is 39.3 Å². The largest absolute Gasteiger partial charge is 0.369 e. The number of sulfonamides is 1. The van der Waals surface area contributed by atoms with Crippen LogP contribution < -0.4 is 11.1 Å². The van der Waals surface area contributed by atoms with Crippen molar-refractivity contribution in [2.24, 2.45) is 11.7 Å². The Labute approximate surface area is 185 Å². The highest BCUT2D eigenvalue weighted by atomic mass is 32.2. The maximum absolute atomic E-state index is 12.5. The molecule has 0 saturated carbocycles. The molecule has 0 aromatic heterocycles. The Hall–Kier alpha value is -2.23. The van der Waals surface area contributed by atoms with Gasteiger partial charge >= 0.3 is 0 Å². The molecular formula is C22H34N4O4S. The quantitative estimate of drug-likeness (QED) is 0.391. The zero-order valence-corrected chi connectivity index (χ0v) is 19.2. The van der Waals surface area contributed by atoms with Crippen molar-refractivity contribution in [3.8, 4) is 0 Å². The molecule has 9 heteroatoms. The number of carbonyl (C=O) groups excluding carboxylic acids is 2. The SMILES string of the molecule is CCN(CC)S(=O)(=O)c1ccc(/C=C/C(=O)NCCCN2CCCC(C(N)=O)C2)cc1. The number of carbonyl (C=O) groups is 2. The highest BCUT2D eigenvalue weighted by Gasteiger charge is 2.23. The van der Waals surface area contributed by atoms with Crippen LogP contribution in [-0.4, -0.2) is 68.7 Å². The van der Waals surface area contributed by atoms with Gasteiger partial charge in [0, 0.05) is 32.3 Å². The predicted octanol–water partition coefficient (Wildman–Crippen LogP) is 1.43. The molecule has 0 aliphatic carbocycles. The topological polar surface area (TPSA) is 113 Å². The minimum absolute atomic E-state index is 0.0698. The van der Waals surface area contributed by atoms with E-state index in [2.05, 4.69) is 10.2 Å². The van der Waals surface area contributed by atoms with Crippen molar-refractivity contribution in [2.45, 2.75) is 38.0 Å². The number of likely N-dealkylation sites (tertiary alicyclic amines) is 1. The summed E-state index contributed by atoms with van der Waals surface area (Å²) < 4.78 is 26.4. The highest BCUT2D eigenvalue weighted by Crippen LogP contribution is 2.17. The van der Waals surface area contributed by atoms with Crippen molar-refractivity contribution < 1.29 is 18.0 Å². The zero-order chi connectivity index (χ0) is 22.9. The number of piperidine rings is 1. The normalized spacial score (nSPS) is 17.8. The van der Waals surface area contributed by atoms with E-state index in [1.807, 2.05) is 0 Å². The van der Waals surface area contributed by atoms with Gasteiger partial charge in [-0.1, -0.05) is 26.0 Å². The summed E-state index contributed by atoms with van der Waals surface area (Å²) in [6, 6.07) is 6.49. The molecule has 3 N–H and O–H groups in total. The lowest BCUT2D eigenvalue weighted by Gasteiger charge is -2.31. The van der Waals surface area contributed by atoms with Crippen LogP contribution >= 0.6 is 0 Å². The van der Waals surface area contributed by atoms with Crippen LogP contribution in [0.25, 0.3) is 6.08 Å². The first kappa shape index (κ1) is 25.0. The van der Waals surface area contributed by atoms with E-state index in [-0.39, 0.29) is 22.6 Å². The average Bonchev–Trinajstić information content (AvgIpc) is 2.76. The lowest BCUT2D eigenvalue weighted by atomic mass is 9.97. The molecular weight excluding hydrogens is 416 g/mol. The smallest absolute Gasteiger partial charge is 0.243 e. The molecule has 8 nitrogen and oxygen atoms in total. The van der Waals surface area contributed by atoms with E-state index in [1.165, 1.54) is 10.4 Å². The van der Waals surface area contributed by atoms with Gasteiger partial charge in [0.05, 0.1) is 10.8 Å². The molecule has 1 atom stereocenters. The van der Waals surface area contributed by atoms with Crippen LogP contribution in [0.1, 0.15) is 38.7 Å². The number of nitrogens with two attached hydrogens (primary N) is 1. The summed E-state index contributed by atoms with van der Waals surface area (Å²) in [5, 5.41) is 2.85. The minimum Gasteiger partial charge on any atom is -0.369 e. The number of nitrogens with zero attached hydrogens (tertiary/aromatic N) is 2. The Bertz CT molecular complexity index is 864. The molecule has 1 heterocycles. The van der Waals surface area contributed by atoms with Crippen molar-refractivity contribution in [1.29, 1.82) is 0 Å². The molecule has 2 rings (SSSR count). The third-order valence-corrected chi connectivity index (χ3v) is 7.57. The fraction of sp³-hybridized carbons (Fsp3) is 0.545. The number of hydrogen-bond donors (Lipinski definition) is 2. The number of nitrogens with one attached hydrogen (secondary N) is 1. The van der Waals surface area contributed by atoms with Gasteiger partial charge in [-0.2, -0.15) is 4.31 Å². The molecule has 1 unspecified atom stereocenters. The predicted molar refractivity (Wildman–Crippen MR) is 122 cm³/mol. The fourth-order valence-corrected chi connectivity index (χ4v) is 5.16. The second-order valence-electron chi connectivity index (χ2n) is 7.68. The van der Waals surface area contributed by atoms with Crippen LogP contribution in [0, 0.1) is 5.92 Å². The Balaban J connectivity index is 1.77. The lowest BCUT2D eigenvalue weighted by molar-refractivity contribution is -0.123. The standard InChI is InChI=1S/C22H34N4O4S/c1-3-26(4-2)31(29,30)20-11-8-18(9-12-20)10-13-21(27)24-14-6-16-25-15-5-7-19(17-25)22(23)28/h8-13,19H,3-7,14-17H2,1-2H3,(H2,23,28)(H,24,27)/b13-10+. The second kappa shape index (κ2) is 12.0. The summed E-state index contributed by atoms with van der Waals surface area (Å²) in [6.45, 7) is 7.47. The molecule has 31 heavy (non-hydrogen) atoms. The summed E-state index contributed by atoms with van der Waals surface area (Å²) in [4.78, 5) is 25.8. The Morgan fingerprint density at radius 1 is 1.23 bits per heavy atom. The third-order valence-electron chi connectivity index (χ3n) is 5.51. The molecule has 2 amide bonds. The second-order valence-corrected chi connectivity index (χ2v) is 9.62.